The lowest BCUT2D eigenvalue weighted by Crippen LogP contribution is -2.10. The number of hydrogen-bond donors (Lipinski definition) is 4. The molecule has 7 nitrogen and oxygen atoms in total. The maximum Gasteiger partial charge on any atom is 0.278 e. The van der Waals surface area contributed by atoms with E-state index in [-0.39, 0.29) is 28.5 Å². The summed E-state index contributed by atoms with van der Waals surface area (Å²) in [5.74, 6) is -0.395. The van der Waals surface area contributed by atoms with Crippen LogP contribution >= 0.6 is 0 Å². The van der Waals surface area contributed by atoms with Gasteiger partial charge in [-0.05, 0) is 18.2 Å². The molecule has 6 N–H and O–H groups in total. The first kappa shape index (κ1) is 11.2. The van der Waals surface area contributed by atoms with Crippen LogP contribution in [-0.2, 0) is 0 Å². The highest BCUT2D eigenvalue weighted by Crippen LogP contribution is 2.23. The van der Waals surface area contributed by atoms with Gasteiger partial charge in [-0.25, -0.2) is 9.37 Å². The van der Waals surface area contributed by atoms with Gasteiger partial charge in [0.15, 0.2) is 11.2 Å². The van der Waals surface area contributed by atoms with Gasteiger partial charge in [0, 0.05) is 5.69 Å². The van der Waals surface area contributed by atoms with Crippen LogP contribution in [0.5, 0.6) is 0 Å². The number of anilines is 2. The van der Waals surface area contributed by atoms with Gasteiger partial charge in [-0.15, -0.1) is 0 Å². The van der Waals surface area contributed by atoms with Crippen molar-refractivity contribution in [2.45, 2.75) is 0 Å². The minimum Gasteiger partial charge on any atom is -0.399 e. The fraction of sp³-hybridized carbons (Fsp3) is 0. The number of fused-ring (bicyclic) bond motifs is 1. The van der Waals surface area contributed by atoms with Crippen LogP contribution < -0.4 is 17.0 Å². The zero-order valence-corrected chi connectivity index (χ0v) is 9.57. The third kappa shape index (κ3) is 1.79. The minimum absolute atomic E-state index is 0.0478. The van der Waals surface area contributed by atoms with Crippen LogP contribution in [0.2, 0.25) is 0 Å². The van der Waals surface area contributed by atoms with Crippen LogP contribution in [0, 0.1) is 5.82 Å². The molecule has 0 unspecified atom stereocenters. The summed E-state index contributed by atoms with van der Waals surface area (Å²) < 4.78 is 13.8. The Hall–Kier alpha value is -2.90. The number of H-pyrrole nitrogens is 2. The zero-order chi connectivity index (χ0) is 13.6. The molecule has 0 aliphatic rings. The number of nitrogen functional groups attached to an aromatic ring is 2. The van der Waals surface area contributed by atoms with Crippen molar-refractivity contribution >= 4 is 22.8 Å². The fourth-order valence-electron chi connectivity index (χ4n) is 1.78. The SMILES string of the molecule is Nc1ccc(-c2nc3nc(N)[nH]c(=O)c3[nH]2)c(F)c1. The van der Waals surface area contributed by atoms with Gasteiger partial charge in [0.2, 0.25) is 5.95 Å². The van der Waals surface area contributed by atoms with Crippen molar-refractivity contribution in [1.82, 2.24) is 19.9 Å². The number of aromatic amines is 2. The molecular formula is C11H9FN6O. The lowest BCUT2D eigenvalue weighted by atomic mass is 10.2. The van der Waals surface area contributed by atoms with Gasteiger partial charge < -0.3 is 16.5 Å². The molecular weight excluding hydrogens is 251 g/mol. The van der Waals surface area contributed by atoms with Crippen LogP contribution in [0.15, 0.2) is 23.0 Å². The predicted octanol–water partition coefficient (Wildman–Crippen LogP) is 0.617. The van der Waals surface area contributed by atoms with Crippen LogP contribution in [0.3, 0.4) is 0 Å². The molecule has 3 rings (SSSR count). The Kier molecular flexibility index (Phi) is 2.24. The molecule has 8 heteroatoms. The molecule has 0 bridgehead atoms. The quantitative estimate of drug-likeness (QED) is 0.477. The van der Waals surface area contributed by atoms with Gasteiger partial charge in [0.25, 0.3) is 5.56 Å². The first-order valence-corrected chi connectivity index (χ1v) is 5.35. The second kappa shape index (κ2) is 3.80. The molecule has 0 aliphatic carbocycles. The minimum atomic E-state index is -0.538. The summed E-state index contributed by atoms with van der Waals surface area (Å²) >= 11 is 0. The Morgan fingerprint density at radius 2 is 1.95 bits per heavy atom. The average molecular weight is 260 g/mol. The molecule has 0 aliphatic heterocycles. The van der Waals surface area contributed by atoms with Gasteiger partial charge in [0.05, 0.1) is 5.56 Å². The predicted molar refractivity (Wildman–Crippen MR) is 68.7 cm³/mol. The summed E-state index contributed by atoms with van der Waals surface area (Å²) in [4.78, 5) is 24.6. The number of imidazole rings is 1. The Morgan fingerprint density at radius 1 is 1.16 bits per heavy atom. The van der Waals surface area contributed by atoms with Gasteiger partial charge >= 0.3 is 0 Å². The van der Waals surface area contributed by atoms with Crippen LogP contribution in [0.4, 0.5) is 16.0 Å². The van der Waals surface area contributed by atoms with E-state index in [1.165, 1.54) is 18.2 Å². The summed E-state index contributed by atoms with van der Waals surface area (Å²) in [5, 5.41) is 0. The van der Waals surface area contributed by atoms with Crippen molar-refractivity contribution in [3.63, 3.8) is 0 Å². The Labute approximate surface area is 105 Å². The zero-order valence-electron chi connectivity index (χ0n) is 9.57. The maximum atomic E-state index is 13.8. The Balaban J connectivity index is 2.26. The third-order valence-corrected chi connectivity index (χ3v) is 2.63. The van der Waals surface area contributed by atoms with Crippen LogP contribution in [0.1, 0.15) is 0 Å². The van der Waals surface area contributed by atoms with E-state index < -0.39 is 11.4 Å². The van der Waals surface area contributed by atoms with Crippen molar-refractivity contribution in [2.24, 2.45) is 0 Å². The van der Waals surface area contributed by atoms with Gasteiger partial charge in [-0.3, -0.25) is 9.78 Å². The van der Waals surface area contributed by atoms with E-state index in [0.717, 1.165) is 0 Å². The molecule has 0 saturated heterocycles. The highest BCUT2D eigenvalue weighted by molar-refractivity contribution is 5.76. The Morgan fingerprint density at radius 3 is 2.68 bits per heavy atom. The van der Waals surface area contributed by atoms with E-state index in [1.807, 2.05) is 0 Å². The number of nitrogens with zero attached hydrogens (tertiary/aromatic N) is 2. The number of aromatic nitrogens is 4. The van der Waals surface area contributed by atoms with Crippen molar-refractivity contribution in [3.05, 3.63) is 34.4 Å². The second-order valence-electron chi connectivity index (χ2n) is 3.97. The standard InChI is InChI=1S/C11H9FN6O/c12-6-3-4(13)1-2-5(6)8-15-7-9(16-8)17-11(14)18-10(7)19/h1-3H,13H2,(H4,14,15,16,17,18,19). The molecule has 96 valence electrons. The number of halogens is 1. The lowest BCUT2D eigenvalue weighted by molar-refractivity contribution is 0.631. The van der Waals surface area contributed by atoms with Crippen LogP contribution in [0.25, 0.3) is 22.6 Å². The lowest BCUT2D eigenvalue weighted by Gasteiger charge is -1.99. The van der Waals surface area contributed by atoms with Crippen molar-refractivity contribution in [3.8, 4) is 11.4 Å². The first-order chi connectivity index (χ1) is 9.04. The van der Waals surface area contributed by atoms with Gasteiger partial charge in [-0.2, -0.15) is 4.98 Å². The smallest absolute Gasteiger partial charge is 0.278 e. The topological polar surface area (TPSA) is 126 Å². The van der Waals surface area contributed by atoms with E-state index in [1.54, 1.807) is 0 Å². The van der Waals surface area contributed by atoms with Gasteiger partial charge in [0.1, 0.15) is 11.6 Å². The molecule has 0 fully saturated rings. The van der Waals surface area contributed by atoms with E-state index in [2.05, 4.69) is 19.9 Å². The summed E-state index contributed by atoms with van der Waals surface area (Å²) in [5.41, 5.74) is 11.2. The normalized spacial score (nSPS) is 11.0. The molecule has 0 radical (unpaired) electrons. The number of hydrogen-bond acceptors (Lipinski definition) is 5. The monoisotopic (exact) mass is 260 g/mol. The average Bonchev–Trinajstić information content (AvgIpc) is 2.72. The third-order valence-electron chi connectivity index (χ3n) is 2.63. The molecule has 3 aromatic rings. The van der Waals surface area contributed by atoms with E-state index in [0.29, 0.717) is 5.69 Å². The second-order valence-corrected chi connectivity index (χ2v) is 3.97. The summed E-state index contributed by atoms with van der Waals surface area (Å²) in [7, 11) is 0. The fourth-order valence-corrected chi connectivity index (χ4v) is 1.78. The van der Waals surface area contributed by atoms with E-state index >= 15 is 0 Å². The van der Waals surface area contributed by atoms with Crippen molar-refractivity contribution in [2.75, 3.05) is 11.5 Å². The summed E-state index contributed by atoms with van der Waals surface area (Å²) in [6.07, 6.45) is 0. The first-order valence-electron chi connectivity index (χ1n) is 5.35. The molecule has 1 aromatic carbocycles. The van der Waals surface area contributed by atoms with Gasteiger partial charge in [-0.1, -0.05) is 0 Å². The number of nitrogens with two attached hydrogens (primary N) is 2. The van der Waals surface area contributed by atoms with E-state index in [9.17, 15) is 9.18 Å². The largest absolute Gasteiger partial charge is 0.399 e. The maximum absolute atomic E-state index is 13.8. The molecule has 0 spiro atoms. The molecule has 0 amide bonds. The van der Waals surface area contributed by atoms with Crippen molar-refractivity contribution < 1.29 is 4.39 Å². The van der Waals surface area contributed by atoms with Crippen molar-refractivity contribution in [1.29, 1.82) is 0 Å². The molecule has 2 aromatic heterocycles. The van der Waals surface area contributed by atoms with Crippen LogP contribution in [-0.4, -0.2) is 19.9 Å². The summed E-state index contributed by atoms with van der Waals surface area (Å²) in [6.45, 7) is 0. The van der Waals surface area contributed by atoms with E-state index in [4.69, 9.17) is 11.5 Å². The number of benzene rings is 1. The Bertz CT molecular complexity index is 837. The molecule has 2 heterocycles. The highest BCUT2D eigenvalue weighted by Gasteiger charge is 2.13. The molecule has 0 atom stereocenters. The number of nitrogens with one attached hydrogen (secondary N) is 2. The summed E-state index contributed by atoms with van der Waals surface area (Å²) in [6, 6.07) is 4.19. The number of rotatable bonds is 1. The highest BCUT2D eigenvalue weighted by atomic mass is 19.1. The molecule has 0 saturated carbocycles. The molecule has 19 heavy (non-hydrogen) atoms.